The Bertz CT molecular complexity index is 526. The highest BCUT2D eigenvalue weighted by molar-refractivity contribution is 5.40. The molecule has 112 valence electrons. The van der Waals surface area contributed by atoms with E-state index in [0.717, 1.165) is 0 Å². The summed E-state index contributed by atoms with van der Waals surface area (Å²) >= 11 is 0. The van der Waals surface area contributed by atoms with Crippen LogP contribution in [0.3, 0.4) is 0 Å². The maximum absolute atomic E-state index is 6.08. The molecule has 0 aliphatic heterocycles. The molecule has 0 spiro atoms. The quantitative estimate of drug-likeness (QED) is 0.901. The zero-order valence-corrected chi connectivity index (χ0v) is 13.6. The lowest BCUT2D eigenvalue weighted by atomic mass is 9.80. The monoisotopic (exact) mass is 283 g/mol. The van der Waals surface area contributed by atoms with E-state index in [9.17, 15) is 0 Å². The topological polar surface area (TPSA) is 21.3 Å². The average molecular weight is 283 g/mol. The predicted octanol–water partition coefficient (Wildman–Crippen LogP) is 3.80. The number of aryl methyl sites for hydroxylation is 2. The molecule has 0 bridgehead atoms. The van der Waals surface area contributed by atoms with Gasteiger partial charge < -0.3 is 10.1 Å². The van der Waals surface area contributed by atoms with Crippen molar-refractivity contribution in [3.05, 3.63) is 70.8 Å². The van der Waals surface area contributed by atoms with Crippen LogP contribution in [-0.4, -0.2) is 20.2 Å². The fourth-order valence-electron chi connectivity index (χ4n) is 2.88. The van der Waals surface area contributed by atoms with E-state index in [1.165, 1.54) is 22.3 Å². The molecule has 0 aliphatic carbocycles. The summed E-state index contributed by atoms with van der Waals surface area (Å²) in [4.78, 5) is 0. The van der Waals surface area contributed by atoms with Gasteiger partial charge in [-0.25, -0.2) is 0 Å². The Morgan fingerprint density at radius 2 is 1.24 bits per heavy atom. The molecule has 2 aromatic rings. The summed E-state index contributed by atoms with van der Waals surface area (Å²) in [7, 11) is 3.76. The maximum atomic E-state index is 6.08. The molecule has 0 saturated carbocycles. The number of rotatable bonds is 5. The van der Waals surface area contributed by atoms with Crippen LogP contribution in [0.25, 0.3) is 0 Å². The lowest BCUT2D eigenvalue weighted by Gasteiger charge is -2.39. The third-order valence-electron chi connectivity index (χ3n) is 4.33. The van der Waals surface area contributed by atoms with Crippen molar-refractivity contribution in [2.24, 2.45) is 0 Å². The Labute approximate surface area is 128 Å². The van der Waals surface area contributed by atoms with E-state index in [1.807, 2.05) is 7.05 Å². The second kappa shape index (κ2) is 6.42. The standard InChI is InChI=1S/C19H25NO/c1-14-6-10-17(11-7-14)19(21-5,16(3)20-4)18-12-8-15(2)9-13-18/h6-13,16,20H,1-5H3. The van der Waals surface area contributed by atoms with E-state index < -0.39 is 5.60 Å². The highest BCUT2D eigenvalue weighted by Crippen LogP contribution is 2.36. The molecular formula is C19H25NO. The minimum absolute atomic E-state index is 0.146. The second-order valence-electron chi connectivity index (χ2n) is 5.68. The number of methoxy groups -OCH3 is 1. The first-order chi connectivity index (χ1) is 10.0. The third kappa shape index (κ3) is 2.87. The summed E-state index contributed by atoms with van der Waals surface area (Å²) in [5, 5.41) is 3.36. The summed E-state index contributed by atoms with van der Waals surface area (Å²) in [5.74, 6) is 0. The molecule has 0 radical (unpaired) electrons. The van der Waals surface area contributed by atoms with E-state index in [1.54, 1.807) is 7.11 Å². The van der Waals surface area contributed by atoms with Crippen LogP contribution in [0.4, 0.5) is 0 Å². The lowest BCUT2D eigenvalue weighted by Crippen LogP contribution is -2.47. The molecule has 2 nitrogen and oxygen atoms in total. The molecule has 2 rings (SSSR count). The van der Waals surface area contributed by atoms with Crippen molar-refractivity contribution in [3.8, 4) is 0 Å². The van der Waals surface area contributed by atoms with Gasteiger partial charge in [-0.3, -0.25) is 0 Å². The van der Waals surface area contributed by atoms with Crippen molar-refractivity contribution < 1.29 is 4.74 Å². The summed E-state index contributed by atoms with van der Waals surface area (Å²) in [6.45, 7) is 6.36. The molecular weight excluding hydrogens is 258 g/mol. The molecule has 21 heavy (non-hydrogen) atoms. The van der Waals surface area contributed by atoms with Gasteiger partial charge >= 0.3 is 0 Å². The Kier molecular flexibility index (Phi) is 4.81. The van der Waals surface area contributed by atoms with Gasteiger partial charge in [-0.15, -0.1) is 0 Å². The van der Waals surface area contributed by atoms with Crippen LogP contribution in [0.1, 0.15) is 29.2 Å². The van der Waals surface area contributed by atoms with Crippen LogP contribution >= 0.6 is 0 Å². The van der Waals surface area contributed by atoms with Gasteiger partial charge in [-0.1, -0.05) is 59.7 Å². The summed E-state index contributed by atoms with van der Waals surface area (Å²) in [5.41, 5.74) is 4.35. The SMILES string of the molecule is CNC(C)C(OC)(c1ccc(C)cc1)c1ccc(C)cc1. The maximum Gasteiger partial charge on any atom is 0.133 e. The number of hydrogen-bond donors (Lipinski definition) is 1. The molecule has 0 heterocycles. The Hall–Kier alpha value is -1.64. The van der Waals surface area contributed by atoms with Gasteiger partial charge in [0.1, 0.15) is 5.60 Å². The van der Waals surface area contributed by atoms with Gasteiger partial charge in [0.15, 0.2) is 0 Å². The van der Waals surface area contributed by atoms with Crippen LogP contribution in [-0.2, 0) is 10.3 Å². The van der Waals surface area contributed by atoms with Gasteiger partial charge in [-0.2, -0.15) is 0 Å². The smallest absolute Gasteiger partial charge is 0.133 e. The fourth-order valence-corrected chi connectivity index (χ4v) is 2.88. The lowest BCUT2D eigenvalue weighted by molar-refractivity contribution is -0.00435. The van der Waals surface area contributed by atoms with Crippen molar-refractivity contribution in [1.29, 1.82) is 0 Å². The number of nitrogens with one attached hydrogen (secondary N) is 1. The number of hydrogen-bond acceptors (Lipinski definition) is 2. The van der Waals surface area contributed by atoms with Gasteiger partial charge in [-0.05, 0) is 38.9 Å². The van der Waals surface area contributed by atoms with Crippen LogP contribution in [0, 0.1) is 13.8 Å². The van der Waals surface area contributed by atoms with Crippen LogP contribution in [0.15, 0.2) is 48.5 Å². The van der Waals surface area contributed by atoms with Crippen LogP contribution < -0.4 is 5.32 Å². The minimum Gasteiger partial charge on any atom is -0.367 e. The molecule has 0 aliphatic rings. The van der Waals surface area contributed by atoms with Gasteiger partial charge in [0.05, 0.1) is 0 Å². The van der Waals surface area contributed by atoms with E-state index in [4.69, 9.17) is 4.74 Å². The predicted molar refractivity (Wildman–Crippen MR) is 88.7 cm³/mol. The first-order valence-corrected chi connectivity index (χ1v) is 7.41. The Morgan fingerprint density at radius 3 is 1.52 bits per heavy atom. The van der Waals surface area contributed by atoms with Gasteiger partial charge in [0.25, 0.3) is 0 Å². The first kappa shape index (κ1) is 15.7. The van der Waals surface area contributed by atoms with E-state index in [-0.39, 0.29) is 6.04 Å². The highest BCUT2D eigenvalue weighted by Gasteiger charge is 2.39. The summed E-state index contributed by atoms with van der Waals surface area (Å²) in [6.07, 6.45) is 0. The van der Waals surface area contributed by atoms with Crippen LogP contribution in [0.5, 0.6) is 0 Å². The number of benzene rings is 2. The number of likely N-dealkylation sites (N-methyl/N-ethyl adjacent to an activating group) is 1. The normalized spacial score (nSPS) is 13.2. The van der Waals surface area contributed by atoms with Gasteiger partial charge in [0.2, 0.25) is 0 Å². The van der Waals surface area contributed by atoms with Gasteiger partial charge in [0, 0.05) is 13.2 Å². The molecule has 1 unspecified atom stereocenters. The van der Waals surface area contributed by atoms with Crippen molar-refractivity contribution in [3.63, 3.8) is 0 Å². The van der Waals surface area contributed by atoms with Crippen molar-refractivity contribution in [1.82, 2.24) is 5.32 Å². The molecule has 0 amide bonds. The van der Waals surface area contributed by atoms with E-state index in [0.29, 0.717) is 0 Å². The van der Waals surface area contributed by atoms with E-state index in [2.05, 4.69) is 74.6 Å². The van der Waals surface area contributed by atoms with Crippen molar-refractivity contribution >= 4 is 0 Å². The first-order valence-electron chi connectivity index (χ1n) is 7.41. The third-order valence-corrected chi connectivity index (χ3v) is 4.33. The summed E-state index contributed by atoms with van der Waals surface area (Å²) < 4.78 is 6.08. The van der Waals surface area contributed by atoms with Crippen molar-refractivity contribution in [2.75, 3.05) is 14.2 Å². The molecule has 1 N–H and O–H groups in total. The zero-order chi connectivity index (χ0) is 15.5. The average Bonchev–Trinajstić information content (AvgIpc) is 2.51. The molecule has 2 heteroatoms. The molecule has 0 aromatic heterocycles. The highest BCUT2D eigenvalue weighted by atomic mass is 16.5. The Balaban J connectivity index is 2.62. The molecule has 0 saturated heterocycles. The molecule has 1 atom stereocenters. The van der Waals surface area contributed by atoms with E-state index >= 15 is 0 Å². The molecule has 0 fully saturated rings. The summed E-state index contributed by atoms with van der Waals surface area (Å²) in [6, 6.07) is 17.3. The van der Waals surface area contributed by atoms with Crippen LogP contribution in [0.2, 0.25) is 0 Å². The largest absolute Gasteiger partial charge is 0.367 e. The zero-order valence-electron chi connectivity index (χ0n) is 13.6. The number of ether oxygens (including phenoxy) is 1. The minimum atomic E-state index is -0.490. The Morgan fingerprint density at radius 1 is 0.857 bits per heavy atom. The molecule has 2 aromatic carbocycles. The second-order valence-corrected chi connectivity index (χ2v) is 5.68. The van der Waals surface area contributed by atoms with Crippen molar-refractivity contribution in [2.45, 2.75) is 32.4 Å². The fraction of sp³-hybridized carbons (Fsp3) is 0.368.